The summed E-state index contributed by atoms with van der Waals surface area (Å²) in [7, 11) is -5.20. The molecule has 6 heteroatoms. The normalized spacial score (nSPS) is 27.4. The van der Waals surface area contributed by atoms with Crippen molar-refractivity contribution < 1.29 is 17.0 Å². The number of hydrogen-bond donors (Lipinski definition) is 0. The van der Waals surface area contributed by atoms with Crippen LogP contribution in [0.5, 0.6) is 0 Å². The van der Waals surface area contributed by atoms with Crippen molar-refractivity contribution in [3.05, 3.63) is 12.3 Å². The van der Waals surface area contributed by atoms with E-state index in [1.165, 1.54) is 0 Å². The van der Waals surface area contributed by atoms with Crippen molar-refractivity contribution in [3.63, 3.8) is 0 Å². The van der Waals surface area contributed by atoms with Crippen LogP contribution in [0.2, 0.25) is 13.1 Å². The van der Waals surface area contributed by atoms with Gasteiger partial charge in [0.25, 0.3) is 10.1 Å². The van der Waals surface area contributed by atoms with E-state index in [0.29, 0.717) is 0 Å². The fourth-order valence-electron chi connectivity index (χ4n) is 1.05. The standard InChI is InChI=1S/C7H14O4SSi/c1-4-13(2,3)11-7-5-10-12(8,9)6-7/h4,7H,1,5-6H2,2-3H3. The maximum atomic E-state index is 10.9. The summed E-state index contributed by atoms with van der Waals surface area (Å²) in [5.74, 6) is -0.0305. The number of rotatable bonds is 3. The largest absolute Gasteiger partial charge is 0.407 e. The van der Waals surface area contributed by atoms with Crippen LogP contribution >= 0.6 is 0 Å². The lowest BCUT2D eigenvalue weighted by atomic mass is 10.5. The van der Waals surface area contributed by atoms with Crippen LogP contribution in [0.25, 0.3) is 0 Å². The zero-order chi connectivity index (χ0) is 10.1. The third kappa shape index (κ3) is 3.22. The Kier molecular flexibility index (Phi) is 2.96. The van der Waals surface area contributed by atoms with Gasteiger partial charge in [-0.25, -0.2) is 0 Å². The lowest BCUT2D eigenvalue weighted by Gasteiger charge is -2.21. The van der Waals surface area contributed by atoms with Crippen LogP contribution in [-0.4, -0.2) is 35.2 Å². The molecule has 0 aliphatic carbocycles. The zero-order valence-electron chi connectivity index (χ0n) is 7.82. The summed E-state index contributed by atoms with van der Waals surface area (Å²) >= 11 is 0. The average Bonchev–Trinajstić information content (AvgIpc) is 2.29. The van der Waals surface area contributed by atoms with Crippen LogP contribution in [0.15, 0.2) is 12.3 Å². The SMILES string of the molecule is C=C[Si](C)(C)OC1COS(=O)(=O)C1. The quantitative estimate of drug-likeness (QED) is 0.520. The monoisotopic (exact) mass is 222 g/mol. The second kappa shape index (κ2) is 3.53. The molecule has 1 aliphatic heterocycles. The Balaban J connectivity index is 2.54. The van der Waals surface area contributed by atoms with Crippen LogP contribution in [0, 0.1) is 0 Å². The molecule has 4 nitrogen and oxygen atoms in total. The highest BCUT2D eigenvalue weighted by molar-refractivity contribution is 7.87. The fourth-order valence-corrected chi connectivity index (χ4v) is 3.35. The molecule has 0 aromatic heterocycles. The lowest BCUT2D eigenvalue weighted by molar-refractivity contribution is 0.175. The van der Waals surface area contributed by atoms with Gasteiger partial charge in [0.2, 0.25) is 8.32 Å². The Morgan fingerprint density at radius 3 is 2.62 bits per heavy atom. The first-order chi connectivity index (χ1) is 5.85. The first kappa shape index (κ1) is 10.9. The Labute approximate surface area is 79.8 Å². The molecule has 0 bridgehead atoms. The van der Waals surface area contributed by atoms with Crippen molar-refractivity contribution in [1.29, 1.82) is 0 Å². The van der Waals surface area contributed by atoms with E-state index in [4.69, 9.17) is 4.43 Å². The Hall–Kier alpha value is -0.173. The minimum Gasteiger partial charge on any atom is -0.407 e. The van der Waals surface area contributed by atoms with Gasteiger partial charge in [-0.2, -0.15) is 8.42 Å². The second-order valence-corrected chi connectivity index (χ2v) is 9.09. The summed E-state index contributed by atoms with van der Waals surface area (Å²) in [5, 5.41) is 0. The molecule has 1 unspecified atom stereocenters. The van der Waals surface area contributed by atoms with Crippen molar-refractivity contribution in [2.75, 3.05) is 12.4 Å². The van der Waals surface area contributed by atoms with Gasteiger partial charge < -0.3 is 4.43 Å². The van der Waals surface area contributed by atoms with Crippen molar-refractivity contribution >= 4 is 18.4 Å². The van der Waals surface area contributed by atoms with Crippen LogP contribution < -0.4 is 0 Å². The van der Waals surface area contributed by atoms with Gasteiger partial charge in [-0.3, -0.25) is 4.18 Å². The van der Waals surface area contributed by atoms with Gasteiger partial charge in [0.15, 0.2) is 0 Å². The summed E-state index contributed by atoms with van der Waals surface area (Å²) in [4.78, 5) is 0. The first-order valence-electron chi connectivity index (χ1n) is 4.03. The van der Waals surface area contributed by atoms with E-state index in [9.17, 15) is 8.42 Å². The second-order valence-electron chi connectivity index (χ2n) is 3.56. The average molecular weight is 222 g/mol. The van der Waals surface area contributed by atoms with Crippen LogP contribution in [0.4, 0.5) is 0 Å². The van der Waals surface area contributed by atoms with E-state index in [1.54, 1.807) is 5.70 Å². The maximum absolute atomic E-state index is 10.9. The molecule has 1 atom stereocenters. The molecular weight excluding hydrogens is 208 g/mol. The van der Waals surface area contributed by atoms with Gasteiger partial charge >= 0.3 is 0 Å². The highest BCUT2D eigenvalue weighted by Crippen LogP contribution is 2.17. The van der Waals surface area contributed by atoms with E-state index >= 15 is 0 Å². The first-order valence-corrected chi connectivity index (χ1v) is 8.59. The van der Waals surface area contributed by atoms with E-state index < -0.39 is 18.4 Å². The van der Waals surface area contributed by atoms with Gasteiger partial charge in [-0.05, 0) is 13.1 Å². The molecule has 1 aliphatic rings. The van der Waals surface area contributed by atoms with Gasteiger partial charge in [0, 0.05) is 0 Å². The molecule has 1 fully saturated rings. The fraction of sp³-hybridized carbons (Fsp3) is 0.714. The van der Waals surface area contributed by atoms with Crippen LogP contribution in [-0.2, 0) is 18.7 Å². The molecule has 0 aromatic rings. The van der Waals surface area contributed by atoms with E-state index in [1.807, 2.05) is 13.1 Å². The summed E-state index contributed by atoms with van der Waals surface area (Å²) in [5.41, 5.74) is 1.78. The predicted molar refractivity (Wildman–Crippen MR) is 52.3 cm³/mol. The number of hydrogen-bond acceptors (Lipinski definition) is 4. The molecule has 0 aromatic carbocycles. The molecule has 0 amide bonds. The maximum Gasteiger partial charge on any atom is 0.270 e. The minimum atomic E-state index is -3.31. The summed E-state index contributed by atoms with van der Waals surface area (Å²) in [6, 6.07) is 0. The Morgan fingerprint density at radius 2 is 2.23 bits per heavy atom. The topological polar surface area (TPSA) is 52.6 Å². The van der Waals surface area contributed by atoms with Gasteiger partial charge in [-0.15, -0.1) is 6.58 Å². The van der Waals surface area contributed by atoms with Crippen molar-refractivity contribution in [2.45, 2.75) is 19.2 Å². The van der Waals surface area contributed by atoms with Crippen LogP contribution in [0.3, 0.4) is 0 Å². The Morgan fingerprint density at radius 1 is 1.62 bits per heavy atom. The van der Waals surface area contributed by atoms with E-state index in [0.717, 1.165) is 0 Å². The van der Waals surface area contributed by atoms with Crippen molar-refractivity contribution in [3.8, 4) is 0 Å². The minimum absolute atomic E-state index is 0.0305. The van der Waals surface area contributed by atoms with Crippen molar-refractivity contribution in [2.24, 2.45) is 0 Å². The summed E-state index contributed by atoms with van der Waals surface area (Å²) in [6.07, 6.45) is -0.315. The van der Waals surface area contributed by atoms with Gasteiger partial charge in [-0.1, -0.05) is 5.70 Å². The summed E-state index contributed by atoms with van der Waals surface area (Å²) in [6.45, 7) is 7.73. The third-order valence-electron chi connectivity index (χ3n) is 1.79. The molecule has 1 rings (SSSR count). The smallest absolute Gasteiger partial charge is 0.270 e. The zero-order valence-corrected chi connectivity index (χ0v) is 9.63. The molecule has 0 radical (unpaired) electrons. The Bertz CT molecular complexity index is 296. The molecule has 1 saturated heterocycles. The predicted octanol–water partition coefficient (Wildman–Crippen LogP) is 0.662. The lowest BCUT2D eigenvalue weighted by Crippen LogP contribution is -2.35. The van der Waals surface area contributed by atoms with Crippen LogP contribution in [0.1, 0.15) is 0 Å². The molecule has 0 spiro atoms. The third-order valence-corrected chi connectivity index (χ3v) is 4.98. The molecule has 13 heavy (non-hydrogen) atoms. The van der Waals surface area contributed by atoms with E-state index in [2.05, 4.69) is 10.8 Å². The molecule has 0 N–H and O–H groups in total. The molecule has 0 saturated carbocycles. The molecule has 76 valence electrons. The highest BCUT2D eigenvalue weighted by atomic mass is 32.2. The molecular formula is C7H14O4SSi. The molecule has 1 heterocycles. The van der Waals surface area contributed by atoms with Gasteiger partial charge in [0.1, 0.15) is 5.75 Å². The highest BCUT2D eigenvalue weighted by Gasteiger charge is 2.33. The summed E-state index contributed by atoms with van der Waals surface area (Å²) < 4.78 is 32.0. The van der Waals surface area contributed by atoms with Gasteiger partial charge in [0.05, 0.1) is 12.7 Å². The van der Waals surface area contributed by atoms with E-state index in [-0.39, 0.29) is 18.5 Å². The van der Waals surface area contributed by atoms with Crippen molar-refractivity contribution in [1.82, 2.24) is 0 Å².